The summed E-state index contributed by atoms with van der Waals surface area (Å²) < 4.78 is 37.8. The summed E-state index contributed by atoms with van der Waals surface area (Å²) >= 11 is 0. The largest absolute Gasteiger partial charge is 0.375 e. The van der Waals surface area contributed by atoms with E-state index in [4.69, 9.17) is 9.47 Å². The monoisotopic (exact) mass is 236 g/mol. The van der Waals surface area contributed by atoms with Gasteiger partial charge in [0.25, 0.3) is 0 Å². The number of unbranched alkanes of at least 4 members (excludes halogenated alkanes) is 1. The van der Waals surface area contributed by atoms with Crippen molar-refractivity contribution in [3.8, 4) is 0 Å². The number of hydrogen-bond acceptors (Lipinski definition) is 2. The van der Waals surface area contributed by atoms with Crippen molar-refractivity contribution in [1.29, 1.82) is 0 Å². The third-order valence-electron chi connectivity index (χ3n) is 2.96. The lowest BCUT2D eigenvalue weighted by molar-refractivity contribution is -0.116. The predicted molar refractivity (Wildman–Crippen MR) is 59.1 cm³/mol. The molecule has 0 saturated heterocycles. The van der Waals surface area contributed by atoms with E-state index in [-0.39, 0.29) is 0 Å². The summed E-state index contributed by atoms with van der Waals surface area (Å²) in [7, 11) is 0. The molecule has 2 nitrogen and oxygen atoms in total. The SMILES string of the molecule is CCCCOC1CCC(OCC)C(F)C1F. The maximum Gasteiger partial charge on any atom is 0.160 e. The summed E-state index contributed by atoms with van der Waals surface area (Å²) in [6.07, 6.45) is -1.26. The lowest BCUT2D eigenvalue weighted by Crippen LogP contribution is -2.46. The smallest absolute Gasteiger partial charge is 0.160 e. The number of ether oxygens (including phenoxy) is 2. The van der Waals surface area contributed by atoms with Gasteiger partial charge in [0, 0.05) is 13.2 Å². The van der Waals surface area contributed by atoms with Gasteiger partial charge in [-0.3, -0.25) is 0 Å². The van der Waals surface area contributed by atoms with Gasteiger partial charge in [-0.15, -0.1) is 0 Å². The third kappa shape index (κ3) is 3.67. The van der Waals surface area contributed by atoms with E-state index in [1.807, 2.05) is 6.92 Å². The molecule has 16 heavy (non-hydrogen) atoms. The Balaban J connectivity index is 2.35. The van der Waals surface area contributed by atoms with Crippen LogP contribution in [0.5, 0.6) is 0 Å². The first-order valence-electron chi connectivity index (χ1n) is 6.22. The molecule has 0 aromatic carbocycles. The highest BCUT2D eigenvalue weighted by Crippen LogP contribution is 2.29. The molecular formula is C12H22F2O2. The van der Waals surface area contributed by atoms with Crippen molar-refractivity contribution in [2.24, 2.45) is 0 Å². The van der Waals surface area contributed by atoms with Crippen LogP contribution in [0.4, 0.5) is 8.78 Å². The second kappa shape index (κ2) is 7.17. The summed E-state index contributed by atoms with van der Waals surface area (Å²) in [6.45, 7) is 4.79. The highest BCUT2D eigenvalue weighted by Gasteiger charge is 2.41. The second-order valence-electron chi connectivity index (χ2n) is 4.22. The minimum atomic E-state index is -1.54. The molecular weight excluding hydrogens is 214 g/mol. The average molecular weight is 236 g/mol. The minimum absolute atomic E-state index is 0.430. The zero-order valence-corrected chi connectivity index (χ0v) is 10.1. The predicted octanol–water partition coefficient (Wildman–Crippen LogP) is 3.05. The molecule has 1 rings (SSSR count). The Kier molecular flexibility index (Phi) is 6.21. The van der Waals surface area contributed by atoms with Crippen LogP contribution < -0.4 is 0 Å². The van der Waals surface area contributed by atoms with Gasteiger partial charge < -0.3 is 9.47 Å². The number of alkyl halides is 2. The van der Waals surface area contributed by atoms with Crippen LogP contribution in [0.1, 0.15) is 39.5 Å². The minimum Gasteiger partial charge on any atom is -0.375 e. The van der Waals surface area contributed by atoms with Gasteiger partial charge in [0.2, 0.25) is 0 Å². The van der Waals surface area contributed by atoms with Gasteiger partial charge in [-0.05, 0) is 26.2 Å². The Hall–Kier alpha value is -0.220. The van der Waals surface area contributed by atoms with Gasteiger partial charge in [-0.25, -0.2) is 8.78 Å². The number of rotatable bonds is 6. The summed E-state index contributed by atoms with van der Waals surface area (Å²) in [5, 5.41) is 0. The van der Waals surface area contributed by atoms with Crippen molar-refractivity contribution in [2.45, 2.75) is 64.1 Å². The summed E-state index contributed by atoms with van der Waals surface area (Å²) in [5.74, 6) is 0. The second-order valence-corrected chi connectivity index (χ2v) is 4.22. The van der Waals surface area contributed by atoms with Crippen LogP contribution in [0.3, 0.4) is 0 Å². The first-order chi connectivity index (χ1) is 7.70. The van der Waals surface area contributed by atoms with Gasteiger partial charge in [0.15, 0.2) is 12.3 Å². The van der Waals surface area contributed by atoms with E-state index in [1.165, 1.54) is 0 Å². The van der Waals surface area contributed by atoms with Crippen molar-refractivity contribution < 1.29 is 18.3 Å². The number of hydrogen-bond donors (Lipinski definition) is 0. The molecule has 96 valence electrons. The Morgan fingerprint density at radius 2 is 1.56 bits per heavy atom. The van der Waals surface area contributed by atoms with Crippen LogP contribution in [0.2, 0.25) is 0 Å². The van der Waals surface area contributed by atoms with Gasteiger partial charge in [-0.1, -0.05) is 13.3 Å². The zero-order valence-electron chi connectivity index (χ0n) is 10.1. The molecule has 0 heterocycles. The van der Waals surface area contributed by atoms with Gasteiger partial charge >= 0.3 is 0 Å². The Morgan fingerprint density at radius 3 is 2.06 bits per heavy atom. The van der Waals surface area contributed by atoms with Crippen LogP contribution >= 0.6 is 0 Å². The molecule has 0 radical (unpaired) electrons. The molecule has 1 aliphatic rings. The quantitative estimate of drug-likeness (QED) is 0.660. The first kappa shape index (κ1) is 13.8. The first-order valence-corrected chi connectivity index (χ1v) is 6.22. The highest BCUT2D eigenvalue weighted by atomic mass is 19.2. The van der Waals surface area contributed by atoms with Crippen molar-refractivity contribution in [1.82, 2.24) is 0 Å². The lowest BCUT2D eigenvalue weighted by Gasteiger charge is -2.34. The van der Waals surface area contributed by atoms with Crippen LogP contribution in [0.15, 0.2) is 0 Å². The standard InChI is InChI=1S/C12H22F2O2/c1-3-5-8-16-10-7-6-9(15-4-2)11(13)12(10)14/h9-12H,3-8H2,1-2H3. The van der Waals surface area contributed by atoms with E-state index < -0.39 is 24.6 Å². The fourth-order valence-electron chi connectivity index (χ4n) is 2.00. The molecule has 1 fully saturated rings. The molecule has 0 aromatic heterocycles. The zero-order chi connectivity index (χ0) is 12.0. The van der Waals surface area contributed by atoms with E-state index in [1.54, 1.807) is 6.92 Å². The third-order valence-corrected chi connectivity index (χ3v) is 2.96. The molecule has 0 spiro atoms. The summed E-state index contributed by atoms with van der Waals surface area (Å²) in [6, 6.07) is 0. The fourth-order valence-corrected chi connectivity index (χ4v) is 2.00. The molecule has 0 aliphatic heterocycles. The molecule has 0 bridgehead atoms. The van der Waals surface area contributed by atoms with Crippen LogP contribution in [-0.4, -0.2) is 37.8 Å². The normalized spacial score (nSPS) is 35.2. The van der Waals surface area contributed by atoms with Gasteiger partial charge in [-0.2, -0.15) is 0 Å². The Bertz CT molecular complexity index is 190. The average Bonchev–Trinajstić information content (AvgIpc) is 2.28. The van der Waals surface area contributed by atoms with E-state index in [2.05, 4.69) is 0 Å². The van der Waals surface area contributed by atoms with Gasteiger partial charge in [0.05, 0.1) is 12.2 Å². The van der Waals surface area contributed by atoms with Crippen LogP contribution in [0.25, 0.3) is 0 Å². The molecule has 1 saturated carbocycles. The maximum atomic E-state index is 13.7. The van der Waals surface area contributed by atoms with Gasteiger partial charge in [0.1, 0.15) is 0 Å². The number of halogens is 2. The van der Waals surface area contributed by atoms with Crippen molar-refractivity contribution in [3.63, 3.8) is 0 Å². The van der Waals surface area contributed by atoms with E-state index in [0.29, 0.717) is 26.1 Å². The molecule has 0 amide bonds. The topological polar surface area (TPSA) is 18.5 Å². The molecule has 4 atom stereocenters. The lowest BCUT2D eigenvalue weighted by atomic mass is 9.91. The molecule has 0 aromatic rings. The van der Waals surface area contributed by atoms with Crippen molar-refractivity contribution in [2.75, 3.05) is 13.2 Å². The summed E-state index contributed by atoms with van der Waals surface area (Å²) in [4.78, 5) is 0. The van der Waals surface area contributed by atoms with E-state index in [0.717, 1.165) is 12.8 Å². The molecule has 1 aliphatic carbocycles. The molecule has 4 unspecified atom stereocenters. The van der Waals surface area contributed by atoms with E-state index >= 15 is 0 Å². The van der Waals surface area contributed by atoms with Crippen molar-refractivity contribution in [3.05, 3.63) is 0 Å². The van der Waals surface area contributed by atoms with Crippen LogP contribution in [-0.2, 0) is 9.47 Å². The molecule has 0 N–H and O–H groups in total. The molecule has 4 heteroatoms. The van der Waals surface area contributed by atoms with Crippen molar-refractivity contribution >= 4 is 0 Å². The highest BCUT2D eigenvalue weighted by molar-refractivity contribution is 4.89. The summed E-state index contributed by atoms with van der Waals surface area (Å²) in [5.41, 5.74) is 0. The maximum absolute atomic E-state index is 13.7. The van der Waals surface area contributed by atoms with Crippen LogP contribution in [0, 0.1) is 0 Å². The van der Waals surface area contributed by atoms with E-state index in [9.17, 15) is 8.78 Å². The Morgan fingerprint density at radius 1 is 1.00 bits per heavy atom. The fraction of sp³-hybridized carbons (Fsp3) is 1.00. The Labute approximate surface area is 96.3 Å².